The maximum atomic E-state index is 11.7. The Hall–Kier alpha value is -3.03. The van der Waals surface area contributed by atoms with Gasteiger partial charge in [0, 0.05) is 6.04 Å². The number of urea groups is 1. The van der Waals surface area contributed by atoms with Crippen molar-refractivity contribution in [3.8, 4) is 11.5 Å². The van der Waals surface area contributed by atoms with E-state index in [1.807, 2.05) is 11.4 Å². The van der Waals surface area contributed by atoms with E-state index in [-0.39, 0.29) is 6.04 Å². The number of hydrogen-bond acceptors (Lipinski definition) is 6. The summed E-state index contributed by atoms with van der Waals surface area (Å²) in [5.41, 5.74) is 0.989. The molecule has 3 amide bonds. The van der Waals surface area contributed by atoms with E-state index in [4.69, 9.17) is 14.2 Å². The van der Waals surface area contributed by atoms with Crippen molar-refractivity contribution < 1.29 is 28.6 Å². The molecule has 0 heterocycles. The number of benzene rings is 1. The van der Waals surface area contributed by atoms with E-state index in [1.165, 1.54) is 7.11 Å². The topological polar surface area (TPSA) is 103 Å². The first kappa shape index (κ1) is 21.0. The monoisotopic (exact) mass is 364 g/mol. The van der Waals surface area contributed by atoms with E-state index in [9.17, 15) is 14.4 Å². The van der Waals surface area contributed by atoms with Gasteiger partial charge in [0.1, 0.15) is 0 Å². The largest absolute Gasteiger partial charge is 0.493 e. The van der Waals surface area contributed by atoms with Crippen molar-refractivity contribution in [2.24, 2.45) is 0 Å². The summed E-state index contributed by atoms with van der Waals surface area (Å²) in [6, 6.07) is 4.51. The first-order valence-corrected chi connectivity index (χ1v) is 8.02. The number of rotatable bonds is 9. The van der Waals surface area contributed by atoms with Gasteiger partial charge in [-0.3, -0.25) is 10.1 Å². The fourth-order valence-corrected chi connectivity index (χ4v) is 1.91. The zero-order valence-electron chi connectivity index (χ0n) is 15.2. The molecule has 0 aromatic heterocycles. The number of esters is 1. The highest BCUT2D eigenvalue weighted by Gasteiger charge is 2.13. The quantitative estimate of drug-likeness (QED) is 0.509. The number of methoxy groups -OCH3 is 1. The number of carbonyl (C=O) groups is 3. The molecule has 26 heavy (non-hydrogen) atoms. The summed E-state index contributed by atoms with van der Waals surface area (Å²) in [5, 5.41) is 4.52. The van der Waals surface area contributed by atoms with E-state index in [2.05, 4.69) is 11.9 Å². The normalized spacial score (nSPS) is 10.0. The highest BCUT2D eigenvalue weighted by atomic mass is 16.6. The summed E-state index contributed by atoms with van der Waals surface area (Å²) < 4.78 is 15.3. The molecule has 0 radical (unpaired) electrons. The average molecular weight is 364 g/mol. The predicted octanol–water partition coefficient (Wildman–Crippen LogP) is 1.58. The lowest BCUT2D eigenvalue weighted by Gasteiger charge is -2.12. The Kier molecular flexibility index (Phi) is 8.69. The fraction of sp³-hybridized carbons (Fsp3) is 0.389. The molecule has 0 saturated heterocycles. The molecule has 0 bridgehead atoms. The molecule has 0 atom stereocenters. The SMILES string of the molecule is C=CCc1ccc(OCC(=O)OCC(=O)NC(=O)NC(C)C)c(OC)c1. The van der Waals surface area contributed by atoms with Crippen molar-refractivity contribution in [1.82, 2.24) is 10.6 Å². The van der Waals surface area contributed by atoms with Gasteiger partial charge in [-0.2, -0.15) is 0 Å². The Bertz CT molecular complexity index is 657. The van der Waals surface area contributed by atoms with Gasteiger partial charge >= 0.3 is 12.0 Å². The van der Waals surface area contributed by atoms with Crippen LogP contribution in [0.5, 0.6) is 11.5 Å². The minimum Gasteiger partial charge on any atom is -0.493 e. The summed E-state index contributed by atoms with van der Waals surface area (Å²) in [4.78, 5) is 34.5. The Morgan fingerprint density at radius 3 is 2.54 bits per heavy atom. The second-order valence-electron chi connectivity index (χ2n) is 5.60. The highest BCUT2D eigenvalue weighted by molar-refractivity contribution is 5.95. The molecule has 0 saturated carbocycles. The number of nitrogens with one attached hydrogen (secondary N) is 2. The lowest BCUT2D eigenvalue weighted by molar-refractivity contribution is -0.150. The van der Waals surface area contributed by atoms with Crippen LogP contribution in [-0.4, -0.2) is 44.3 Å². The summed E-state index contributed by atoms with van der Waals surface area (Å²) >= 11 is 0. The summed E-state index contributed by atoms with van der Waals surface area (Å²) in [6.07, 6.45) is 2.44. The summed E-state index contributed by atoms with van der Waals surface area (Å²) in [7, 11) is 1.49. The van der Waals surface area contributed by atoms with Crippen molar-refractivity contribution >= 4 is 17.9 Å². The zero-order chi connectivity index (χ0) is 19.5. The zero-order valence-corrected chi connectivity index (χ0v) is 15.2. The molecule has 0 fully saturated rings. The van der Waals surface area contributed by atoms with Gasteiger partial charge in [-0.15, -0.1) is 6.58 Å². The van der Waals surface area contributed by atoms with Crippen LogP contribution in [0.15, 0.2) is 30.9 Å². The third-order valence-electron chi connectivity index (χ3n) is 2.99. The smallest absolute Gasteiger partial charge is 0.344 e. The van der Waals surface area contributed by atoms with Crippen molar-refractivity contribution in [1.29, 1.82) is 0 Å². The third kappa shape index (κ3) is 7.69. The Labute approximate surface area is 152 Å². The van der Waals surface area contributed by atoms with E-state index in [0.29, 0.717) is 17.9 Å². The number of ether oxygens (including phenoxy) is 3. The molecular weight excluding hydrogens is 340 g/mol. The Morgan fingerprint density at radius 2 is 1.92 bits per heavy atom. The van der Waals surface area contributed by atoms with Crippen LogP contribution in [0.25, 0.3) is 0 Å². The maximum Gasteiger partial charge on any atom is 0.344 e. The first-order chi connectivity index (χ1) is 12.3. The average Bonchev–Trinajstić information content (AvgIpc) is 2.58. The maximum absolute atomic E-state index is 11.7. The van der Waals surface area contributed by atoms with E-state index < -0.39 is 31.1 Å². The van der Waals surface area contributed by atoms with E-state index in [0.717, 1.165) is 5.56 Å². The minimum atomic E-state index is -0.748. The highest BCUT2D eigenvalue weighted by Crippen LogP contribution is 2.28. The van der Waals surface area contributed by atoms with Crippen LogP contribution in [0.3, 0.4) is 0 Å². The lowest BCUT2D eigenvalue weighted by atomic mass is 10.1. The van der Waals surface area contributed by atoms with Gasteiger partial charge in [-0.1, -0.05) is 12.1 Å². The second-order valence-corrected chi connectivity index (χ2v) is 5.60. The van der Waals surface area contributed by atoms with Crippen molar-refractivity contribution in [3.63, 3.8) is 0 Å². The molecule has 1 rings (SSSR count). The molecule has 2 N–H and O–H groups in total. The van der Waals surface area contributed by atoms with Crippen LogP contribution in [0.2, 0.25) is 0 Å². The van der Waals surface area contributed by atoms with Crippen LogP contribution in [0, 0.1) is 0 Å². The Balaban J connectivity index is 2.43. The molecule has 8 heteroatoms. The van der Waals surface area contributed by atoms with E-state index in [1.54, 1.807) is 32.1 Å². The van der Waals surface area contributed by atoms with Crippen LogP contribution in [0.4, 0.5) is 4.79 Å². The third-order valence-corrected chi connectivity index (χ3v) is 2.99. The van der Waals surface area contributed by atoms with Gasteiger partial charge in [-0.05, 0) is 38.0 Å². The molecule has 1 aromatic rings. The molecule has 1 aromatic carbocycles. The molecule has 142 valence electrons. The van der Waals surface area contributed by atoms with Gasteiger partial charge in [0.25, 0.3) is 5.91 Å². The van der Waals surface area contributed by atoms with E-state index >= 15 is 0 Å². The summed E-state index contributed by atoms with van der Waals surface area (Å²) in [6.45, 7) is 6.19. The fourth-order valence-electron chi connectivity index (χ4n) is 1.91. The number of amides is 3. The minimum absolute atomic E-state index is 0.119. The number of imide groups is 1. The summed E-state index contributed by atoms with van der Waals surface area (Å²) in [5.74, 6) is -0.636. The predicted molar refractivity (Wildman–Crippen MR) is 95.2 cm³/mol. The van der Waals surface area contributed by atoms with Crippen molar-refractivity contribution in [3.05, 3.63) is 36.4 Å². The molecule has 0 spiro atoms. The van der Waals surface area contributed by atoms with Crippen LogP contribution < -0.4 is 20.1 Å². The lowest BCUT2D eigenvalue weighted by Crippen LogP contribution is -2.44. The number of carbonyl (C=O) groups excluding carboxylic acids is 3. The van der Waals surface area contributed by atoms with Crippen LogP contribution >= 0.6 is 0 Å². The first-order valence-electron chi connectivity index (χ1n) is 8.02. The van der Waals surface area contributed by atoms with Gasteiger partial charge in [0.2, 0.25) is 0 Å². The van der Waals surface area contributed by atoms with Gasteiger partial charge in [0.05, 0.1) is 7.11 Å². The van der Waals surface area contributed by atoms with Crippen molar-refractivity contribution in [2.75, 3.05) is 20.3 Å². The molecule has 8 nitrogen and oxygen atoms in total. The molecule has 0 aliphatic carbocycles. The van der Waals surface area contributed by atoms with Gasteiger partial charge in [-0.25, -0.2) is 9.59 Å². The van der Waals surface area contributed by atoms with Crippen LogP contribution in [-0.2, 0) is 20.7 Å². The molecule has 0 aliphatic heterocycles. The van der Waals surface area contributed by atoms with Crippen molar-refractivity contribution in [2.45, 2.75) is 26.3 Å². The molecular formula is C18H24N2O6. The van der Waals surface area contributed by atoms with Gasteiger partial charge in [0.15, 0.2) is 24.7 Å². The molecule has 0 unspecified atom stereocenters. The Morgan fingerprint density at radius 1 is 1.19 bits per heavy atom. The number of hydrogen-bond donors (Lipinski definition) is 2. The standard InChI is InChI=1S/C18H24N2O6/c1-5-6-13-7-8-14(15(9-13)24-4)25-11-17(22)26-10-16(21)20-18(23)19-12(2)3/h5,7-9,12H,1,6,10-11H2,2-4H3,(H2,19,20,21,23). The second kappa shape index (κ2) is 10.8. The molecule has 0 aliphatic rings. The number of allylic oxidation sites excluding steroid dienone is 1. The van der Waals surface area contributed by atoms with Crippen LogP contribution in [0.1, 0.15) is 19.4 Å². The van der Waals surface area contributed by atoms with Gasteiger partial charge < -0.3 is 19.5 Å².